The Kier molecular flexibility index (Phi) is 5.52. The minimum absolute atomic E-state index is 0.0170. The topological polar surface area (TPSA) is 29.5 Å². The number of fused-ring (bicyclic) bond motifs is 2. The molecule has 1 aliphatic carbocycles. The number of ether oxygens (including phenoxy) is 1. The molecule has 2 fully saturated rings. The van der Waals surface area contributed by atoms with Crippen molar-refractivity contribution < 1.29 is 9.53 Å². The fourth-order valence-electron chi connectivity index (χ4n) is 5.10. The van der Waals surface area contributed by atoms with E-state index < -0.39 is 0 Å². The van der Waals surface area contributed by atoms with Crippen LogP contribution in [0.15, 0.2) is 10.6 Å². The van der Waals surface area contributed by atoms with E-state index in [1.54, 1.807) is 0 Å². The molecule has 23 heavy (non-hydrogen) atoms. The summed E-state index contributed by atoms with van der Waals surface area (Å²) >= 11 is 3.80. The third kappa shape index (κ3) is 3.39. The second-order valence-electron chi connectivity index (χ2n) is 7.81. The Labute approximate surface area is 149 Å². The molecule has 3 aliphatic rings. The van der Waals surface area contributed by atoms with Gasteiger partial charge in [-0.2, -0.15) is 0 Å². The van der Waals surface area contributed by atoms with E-state index in [1.807, 2.05) is 6.92 Å². The van der Waals surface area contributed by atoms with E-state index in [1.165, 1.54) is 30.3 Å². The van der Waals surface area contributed by atoms with Crippen LogP contribution in [0.4, 0.5) is 0 Å². The van der Waals surface area contributed by atoms with Gasteiger partial charge < -0.3 is 4.74 Å². The molecule has 0 spiro atoms. The second kappa shape index (κ2) is 7.26. The fraction of sp³-hybridized carbons (Fsp3) is 0.842. The van der Waals surface area contributed by atoms with Gasteiger partial charge in [0.2, 0.25) is 0 Å². The van der Waals surface area contributed by atoms with Gasteiger partial charge >= 0.3 is 5.97 Å². The number of esters is 1. The largest absolute Gasteiger partial charge is 0.466 e. The molecule has 4 heteroatoms. The van der Waals surface area contributed by atoms with Crippen LogP contribution < -0.4 is 0 Å². The maximum Gasteiger partial charge on any atom is 0.309 e. The first-order valence-electron chi connectivity index (χ1n) is 9.30. The molecule has 3 rings (SSSR count). The number of piperidine rings is 2. The Bertz CT molecular complexity index is 476. The lowest BCUT2D eigenvalue weighted by molar-refractivity contribution is -0.155. The van der Waals surface area contributed by atoms with Gasteiger partial charge in [0.1, 0.15) is 0 Å². The Hall–Kier alpha value is -0.350. The first kappa shape index (κ1) is 17.5. The standard InChI is InChI=1S/C19H30BrNO2/c1-4-23-19(22)18-15-10-14-7-5-6-8-21(14)11-13(15)9-16(20)17(18)12(2)3/h9,12-15,17-18H,4-8,10-11H2,1-3H3/t13-,14+,15+,17-,18-/m1/s1. The molecule has 0 unspecified atom stereocenters. The van der Waals surface area contributed by atoms with Crippen molar-refractivity contribution in [3.63, 3.8) is 0 Å². The number of nitrogens with zero attached hydrogens (tertiary/aromatic N) is 1. The number of halogens is 1. The van der Waals surface area contributed by atoms with Crippen LogP contribution >= 0.6 is 15.9 Å². The highest BCUT2D eigenvalue weighted by Crippen LogP contribution is 2.49. The van der Waals surface area contributed by atoms with Gasteiger partial charge in [0.15, 0.2) is 0 Å². The highest BCUT2D eigenvalue weighted by atomic mass is 79.9. The molecule has 0 amide bonds. The predicted molar refractivity (Wildman–Crippen MR) is 96.3 cm³/mol. The van der Waals surface area contributed by atoms with Crippen molar-refractivity contribution in [1.29, 1.82) is 0 Å². The SMILES string of the molecule is CCOC(=O)[C@@H]1[C@H]2C[C@@H]3CCCCN3C[C@H]2C=C(Br)[C@H]1C(C)C. The van der Waals surface area contributed by atoms with Crippen LogP contribution in [0.1, 0.15) is 46.5 Å². The number of carbonyl (C=O) groups is 1. The minimum atomic E-state index is 0.0170. The van der Waals surface area contributed by atoms with Crippen molar-refractivity contribution in [3.05, 3.63) is 10.6 Å². The van der Waals surface area contributed by atoms with E-state index in [9.17, 15) is 4.79 Å². The van der Waals surface area contributed by atoms with E-state index in [-0.39, 0.29) is 17.8 Å². The summed E-state index contributed by atoms with van der Waals surface area (Å²) in [6, 6.07) is 0.681. The Balaban J connectivity index is 1.90. The molecule has 5 atom stereocenters. The summed E-state index contributed by atoms with van der Waals surface area (Å²) in [6.07, 6.45) is 7.55. The molecule has 0 bridgehead atoms. The molecule has 0 radical (unpaired) electrons. The zero-order valence-electron chi connectivity index (χ0n) is 14.6. The Morgan fingerprint density at radius 1 is 1.43 bits per heavy atom. The van der Waals surface area contributed by atoms with Gasteiger partial charge in [-0.1, -0.05) is 42.3 Å². The predicted octanol–water partition coefficient (Wildman–Crippen LogP) is 4.22. The highest BCUT2D eigenvalue weighted by Gasteiger charge is 2.49. The number of allylic oxidation sites excluding steroid dienone is 1. The molecule has 0 aromatic heterocycles. The summed E-state index contributed by atoms with van der Waals surface area (Å²) < 4.78 is 6.72. The molecule has 0 saturated carbocycles. The van der Waals surface area contributed by atoms with Crippen molar-refractivity contribution in [2.75, 3.05) is 19.7 Å². The molecule has 0 aromatic rings. The van der Waals surface area contributed by atoms with Crippen LogP contribution in [0, 0.1) is 29.6 Å². The number of hydrogen-bond acceptors (Lipinski definition) is 3. The molecular weight excluding hydrogens is 354 g/mol. The Morgan fingerprint density at radius 2 is 2.22 bits per heavy atom. The molecule has 2 aliphatic heterocycles. The lowest BCUT2D eigenvalue weighted by Crippen LogP contribution is -2.54. The van der Waals surface area contributed by atoms with Crippen molar-refractivity contribution in [2.24, 2.45) is 29.6 Å². The van der Waals surface area contributed by atoms with Gasteiger partial charge in [0.25, 0.3) is 0 Å². The monoisotopic (exact) mass is 383 g/mol. The molecule has 2 heterocycles. The van der Waals surface area contributed by atoms with E-state index in [0.29, 0.717) is 30.4 Å². The maximum atomic E-state index is 12.8. The van der Waals surface area contributed by atoms with Crippen LogP contribution in [0.2, 0.25) is 0 Å². The quantitative estimate of drug-likeness (QED) is 0.683. The molecule has 0 aromatic carbocycles. The second-order valence-corrected chi connectivity index (χ2v) is 8.72. The van der Waals surface area contributed by atoms with Gasteiger partial charge in [-0.25, -0.2) is 0 Å². The third-order valence-electron chi connectivity index (χ3n) is 6.11. The highest BCUT2D eigenvalue weighted by molar-refractivity contribution is 9.11. The Morgan fingerprint density at radius 3 is 2.91 bits per heavy atom. The van der Waals surface area contributed by atoms with Gasteiger partial charge in [0.05, 0.1) is 12.5 Å². The number of rotatable bonds is 3. The van der Waals surface area contributed by atoms with Crippen LogP contribution in [-0.4, -0.2) is 36.6 Å². The summed E-state index contributed by atoms with van der Waals surface area (Å²) in [5.41, 5.74) is 0. The van der Waals surface area contributed by atoms with Gasteiger partial charge in [-0.15, -0.1) is 0 Å². The molecular formula is C19H30BrNO2. The lowest BCUT2D eigenvalue weighted by Gasteiger charge is -2.51. The van der Waals surface area contributed by atoms with E-state index in [4.69, 9.17) is 4.74 Å². The summed E-state index contributed by atoms with van der Waals surface area (Å²) in [4.78, 5) is 15.5. The summed E-state index contributed by atoms with van der Waals surface area (Å²) in [5, 5.41) is 0. The number of carbonyl (C=O) groups excluding carboxylic acids is 1. The molecule has 2 saturated heterocycles. The molecule has 130 valence electrons. The zero-order valence-corrected chi connectivity index (χ0v) is 16.2. The van der Waals surface area contributed by atoms with Crippen molar-refractivity contribution in [2.45, 2.75) is 52.5 Å². The minimum Gasteiger partial charge on any atom is -0.466 e. The summed E-state index contributed by atoms with van der Waals surface area (Å²) in [7, 11) is 0. The van der Waals surface area contributed by atoms with Crippen molar-refractivity contribution in [3.8, 4) is 0 Å². The first-order valence-corrected chi connectivity index (χ1v) is 10.1. The van der Waals surface area contributed by atoms with E-state index >= 15 is 0 Å². The van der Waals surface area contributed by atoms with Gasteiger partial charge in [-0.3, -0.25) is 9.69 Å². The molecule has 3 nitrogen and oxygen atoms in total. The maximum absolute atomic E-state index is 12.8. The van der Waals surface area contributed by atoms with Crippen LogP contribution in [-0.2, 0) is 9.53 Å². The number of hydrogen-bond donors (Lipinski definition) is 0. The smallest absolute Gasteiger partial charge is 0.309 e. The summed E-state index contributed by atoms with van der Waals surface area (Å²) in [6.45, 7) is 9.19. The summed E-state index contributed by atoms with van der Waals surface area (Å²) in [5.74, 6) is 1.69. The zero-order chi connectivity index (χ0) is 16.6. The van der Waals surface area contributed by atoms with E-state index in [0.717, 1.165) is 13.0 Å². The van der Waals surface area contributed by atoms with Crippen molar-refractivity contribution in [1.82, 2.24) is 4.90 Å². The fourth-order valence-corrected chi connectivity index (χ4v) is 6.25. The van der Waals surface area contributed by atoms with Crippen LogP contribution in [0.5, 0.6) is 0 Å². The van der Waals surface area contributed by atoms with E-state index in [2.05, 4.69) is 40.8 Å². The lowest BCUT2D eigenvalue weighted by atomic mass is 9.63. The normalized spacial score (nSPS) is 37.8. The average molecular weight is 384 g/mol. The average Bonchev–Trinajstić information content (AvgIpc) is 2.51. The molecule has 0 N–H and O–H groups in total. The van der Waals surface area contributed by atoms with Crippen molar-refractivity contribution >= 4 is 21.9 Å². The van der Waals surface area contributed by atoms with Crippen LogP contribution in [0.25, 0.3) is 0 Å². The first-order chi connectivity index (χ1) is 11.0. The van der Waals surface area contributed by atoms with Gasteiger partial charge in [-0.05, 0) is 55.0 Å². The van der Waals surface area contributed by atoms with Gasteiger partial charge in [0, 0.05) is 18.5 Å². The van der Waals surface area contributed by atoms with Crippen LogP contribution in [0.3, 0.4) is 0 Å². The third-order valence-corrected chi connectivity index (χ3v) is 6.90.